The topological polar surface area (TPSA) is 0 Å². The smallest absolute Gasteiger partial charge is 0.0272 e. The van der Waals surface area contributed by atoms with Crippen LogP contribution in [0.4, 0.5) is 0 Å². The van der Waals surface area contributed by atoms with E-state index in [1.807, 2.05) is 0 Å². The van der Waals surface area contributed by atoms with Gasteiger partial charge in [-0.1, -0.05) is 53.9 Å². The van der Waals surface area contributed by atoms with Crippen molar-refractivity contribution in [3.05, 3.63) is 5.92 Å². The van der Waals surface area contributed by atoms with E-state index < -0.39 is 0 Å². The molecular formula is C12H25. The molecule has 12 heavy (non-hydrogen) atoms. The fraction of sp³-hybridized carbons (Fsp3) is 0.917. The molecule has 73 valence electrons. The Bertz CT molecular complexity index is 94.2. The van der Waals surface area contributed by atoms with Crippen LogP contribution >= 0.6 is 0 Å². The van der Waals surface area contributed by atoms with Gasteiger partial charge in [0.2, 0.25) is 0 Å². The van der Waals surface area contributed by atoms with E-state index in [1.54, 1.807) is 5.92 Å². The van der Waals surface area contributed by atoms with E-state index >= 15 is 0 Å². The summed E-state index contributed by atoms with van der Waals surface area (Å²) in [6, 6.07) is 0. The molecule has 0 amide bonds. The van der Waals surface area contributed by atoms with E-state index in [9.17, 15) is 0 Å². The van der Waals surface area contributed by atoms with Crippen LogP contribution in [0.15, 0.2) is 0 Å². The molecule has 0 nitrogen and oxygen atoms in total. The molecule has 0 spiro atoms. The molecule has 1 radical (unpaired) electrons. The highest BCUT2D eigenvalue weighted by molar-refractivity contribution is 4.85. The van der Waals surface area contributed by atoms with Crippen molar-refractivity contribution in [1.82, 2.24) is 0 Å². The Hall–Kier alpha value is 0. The van der Waals surface area contributed by atoms with Crippen molar-refractivity contribution in [3.8, 4) is 0 Å². The average Bonchev–Trinajstić information content (AvgIpc) is 2.04. The monoisotopic (exact) mass is 169 g/mol. The molecule has 0 aliphatic rings. The van der Waals surface area contributed by atoms with E-state index in [0.717, 1.165) is 11.8 Å². The molecule has 2 atom stereocenters. The molecule has 0 bridgehead atoms. The van der Waals surface area contributed by atoms with Gasteiger partial charge < -0.3 is 0 Å². The lowest BCUT2D eigenvalue weighted by molar-refractivity contribution is 0.404. The lowest BCUT2D eigenvalue weighted by atomic mass is 9.86. The molecule has 0 aliphatic heterocycles. The highest BCUT2D eigenvalue weighted by atomic mass is 14.2. The average molecular weight is 169 g/mol. The largest absolute Gasteiger partial charge is 0.0651 e. The van der Waals surface area contributed by atoms with E-state index in [2.05, 4.69) is 34.6 Å². The van der Waals surface area contributed by atoms with Crippen LogP contribution in [0.3, 0.4) is 0 Å². The minimum atomic E-state index is 0.874. The molecule has 0 aromatic carbocycles. The Labute approximate surface area is 78.8 Å². The Morgan fingerprint density at radius 2 is 1.58 bits per heavy atom. The fourth-order valence-corrected chi connectivity index (χ4v) is 1.59. The van der Waals surface area contributed by atoms with Gasteiger partial charge in [0, 0.05) is 0 Å². The third-order valence-electron chi connectivity index (χ3n) is 3.01. The Morgan fingerprint density at radius 1 is 1.00 bits per heavy atom. The Morgan fingerprint density at radius 3 is 1.92 bits per heavy atom. The quantitative estimate of drug-likeness (QED) is 0.551. The summed E-state index contributed by atoms with van der Waals surface area (Å²) in [5, 5.41) is 0. The van der Waals surface area contributed by atoms with Crippen LogP contribution in [-0.2, 0) is 0 Å². The number of hydrogen-bond donors (Lipinski definition) is 0. The van der Waals surface area contributed by atoms with E-state index in [4.69, 9.17) is 0 Å². The van der Waals surface area contributed by atoms with Gasteiger partial charge in [-0.15, -0.1) is 0 Å². The van der Waals surface area contributed by atoms with Crippen molar-refractivity contribution in [2.45, 2.75) is 60.3 Å². The Balaban J connectivity index is 3.58. The molecule has 0 aromatic heterocycles. The van der Waals surface area contributed by atoms with Gasteiger partial charge in [-0.05, 0) is 24.2 Å². The fourth-order valence-electron chi connectivity index (χ4n) is 1.59. The molecule has 0 saturated heterocycles. The summed E-state index contributed by atoms with van der Waals surface area (Å²) in [6.45, 7) is 11.5. The highest BCUT2D eigenvalue weighted by Crippen LogP contribution is 2.24. The van der Waals surface area contributed by atoms with Crippen LogP contribution in [0.5, 0.6) is 0 Å². The standard InChI is InChI=1S/C12H25/c1-6-11(5)8-9-12(7-2)10(3)4/h11-12H,6-9H2,1-5H3. The first-order chi connectivity index (χ1) is 5.61. The molecule has 0 heteroatoms. The van der Waals surface area contributed by atoms with Gasteiger partial charge in [-0.25, -0.2) is 0 Å². The van der Waals surface area contributed by atoms with Crippen LogP contribution in [-0.4, -0.2) is 0 Å². The normalized spacial score (nSPS) is 16.5. The summed E-state index contributed by atoms with van der Waals surface area (Å²) >= 11 is 0. The van der Waals surface area contributed by atoms with Crippen molar-refractivity contribution in [1.29, 1.82) is 0 Å². The lowest BCUT2D eigenvalue weighted by Crippen LogP contribution is -2.07. The molecule has 0 aromatic rings. The molecule has 0 N–H and O–H groups in total. The van der Waals surface area contributed by atoms with Crippen molar-refractivity contribution < 1.29 is 0 Å². The van der Waals surface area contributed by atoms with Gasteiger partial charge in [0.15, 0.2) is 0 Å². The second-order valence-electron chi connectivity index (χ2n) is 4.27. The first kappa shape index (κ1) is 12.0. The summed E-state index contributed by atoms with van der Waals surface area (Å²) in [6.07, 6.45) is 5.45. The van der Waals surface area contributed by atoms with Crippen LogP contribution in [0, 0.1) is 17.8 Å². The zero-order valence-electron chi connectivity index (χ0n) is 9.48. The third-order valence-corrected chi connectivity index (χ3v) is 3.01. The maximum atomic E-state index is 2.36. The second-order valence-corrected chi connectivity index (χ2v) is 4.27. The van der Waals surface area contributed by atoms with E-state index in [0.29, 0.717) is 0 Å². The summed E-state index contributed by atoms with van der Waals surface area (Å²) in [7, 11) is 0. The zero-order chi connectivity index (χ0) is 9.56. The van der Waals surface area contributed by atoms with Crippen molar-refractivity contribution >= 4 is 0 Å². The predicted octanol–water partition coefficient (Wildman–Crippen LogP) is 4.45. The molecule has 0 heterocycles. The number of rotatable bonds is 6. The van der Waals surface area contributed by atoms with Gasteiger partial charge >= 0.3 is 0 Å². The predicted molar refractivity (Wildman–Crippen MR) is 57.1 cm³/mol. The molecule has 0 saturated carbocycles. The van der Waals surface area contributed by atoms with Crippen LogP contribution in [0.25, 0.3) is 0 Å². The van der Waals surface area contributed by atoms with Crippen molar-refractivity contribution in [2.75, 3.05) is 0 Å². The van der Waals surface area contributed by atoms with Crippen molar-refractivity contribution in [2.24, 2.45) is 11.8 Å². The highest BCUT2D eigenvalue weighted by Gasteiger charge is 2.12. The first-order valence-corrected chi connectivity index (χ1v) is 5.41. The minimum absolute atomic E-state index is 0.874. The van der Waals surface area contributed by atoms with E-state index in [-0.39, 0.29) is 0 Å². The maximum absolute atomic E-state index is 2.36. The van der Waals surface area contributed by atoms with Gasteiger partial charge in [-0.2, -0.15) is 0 Å². The zero-order valence-corrected chi connectivity index (χ0v) is 9.48. The molecule has 0 aliphatic carbocycles. The summed E-state index contributed by atoms with van der Waals surface area (Å²) in [5.41, 5.74) is 0. The lowest BCUT2D eigenvalue weighted by Gasteiger charge is -2.20. The van der Waals surface area contributed by atoms with Crippen LogP contribution in [0.2, 0.25) is 0 Å². The second kappa shape index (κ2) is 6.51. The third kappa shape index (κ3) is 4.79. The van der Waals surface area contributed by atoms with Gasteiger partial charge in [-0.3, -0.25) is 0 Å². The Kier molecular flexibility index (Phi) is 6.51. The first-order valence-electron chi connectivity index (χ1n) is 5.41. The van der Waals surface area contributed by atoms with Gasteiger partial charge in [0.05, 0.1) is 0 Å². The van der Waals surface area contributed by atoms with E-state index in [1.165, 1.54) is 25.7 Å². The molecule has 2 unspecified atom stereocenters. The van der Waals surface area contributed by atoms with Crippen LogP contribution < -0.4 is 0 Å². The molecular weight excluding hydrogens is 144 g/mol. The SMILES string of the molecule is CCC(C)CCC(CC)[C](C)C. The minimum Gasteiger partial charge on any atom is -0.0651 e. The van der Waals surface area contributed by atoms with Gasteiger partial charge in [0.1, 0.15) is 0 Å². The molecule has 0 fully saturated rings. The van der Waals surface area contributed by atoms with Crippen molar-refractivity contribution in [3.63, 3.8) is 0 Å². The van der Waals surface area contributed by atoms with Crippen LogP contribution in [0.1, 0.15) is 60.3 Å². The van der Waals surface area contributed by atoms with Gasteiger partial charge in [0.25, 0.3) is 0 Å². The summed E-state index contributed by atoms with van der Waals surface area (Å²) < 4.78 is 0. The molecule has 0 rings (SSSR count). The summed E-state index contributed by atoms with van der Waals surface area (Å²) in [5.74, 6) is 3.40. The summed E-state index contributed by atoms with van der Waals surface area (Å²) in [4.78, 5) is 0. The number of hydrogen-bond acceptors (Lipinski definition) is 0. The maximum Gasteiger partial charge on any atom is -0.0272 e.